The number of nitrogens with one attached hydrogen (secondary N) is 4. The van der Waals surface area contributed by atoms with Crippen LogP contribution in [-0.4, -0.2) is 110 Å². The summed E-state index contributed by atoms with van der Waals surface area (Å²) in [6, 6.07) is 38.4. The molecule has 0 spiro atoms. The Kier molecular flexibility index (Phi) is 17.2. The van der Waals surface area contributed by atoms with Gasteiger partial charge in [-0.05, 0) is 93.7 Å². The van der Waals surface area contributed by atoms with E-state index in [4.69, 9.17) is 10.8 Å². The lowest BCUT2D eigenvalue weighted by Gasteiger charge is -2.32. The van der Waals surface area contributed by atoms with Gasteiger partial charge in [0.25, 0.3) is 0 Å². The van der Waals surface area contributed by atoms with Crippen LogP contribution in [0.4, 0.5) is 11.4 Å². The highest BCUT2D eigenvalue weighted by atomic mass is 16.2. The van der Waals surface area contributed by atoms with E-state index in [0.717, 1.165) is 45.2 Å². The number of carbonyl (C=O) groups is 2. The molecule has 53 heavy (non-hydrogen) atoms. The molecule has 4 N–H and O–H groups in total. The number of benzene rings is 4. The number of likely N-dealkylation sites (N-methyl/N-ethyl adjacent to an activating group) is 2. The molecule has 0 bridgehead atoms. The molecule has 4 rings (SSSR count). The van der Waals surface area contributed by atoms with E-state index in [2.05, 4.69) is 71.1 Å². The highest BCUT2D eigenvalue weighted by Crippen LogP contribution is 2.15. The predicted octanol–water partition coefficient (Wildman–Crippen LogP) is 6.12. The summed E-state index contributed by atoms with van der Waals surface area (Å²) in [5, 5.41) is 21.7. The molecule has 10 nitrogen and oxygen atoms in total. The molecule has 1 unspecified atom stereocenters. The van der Waals surface area contributed by atoms with E-state index in [0.29, 0.717) is 31.0 Å². The topological polar surface area (TPSA) is 119 Å². The number of hydrogen-bond donors (Lipinski definition) is 4. The van der Waals surface area contributed by atoms with Gasteiger partial charge in [-0.2, -0.15) is 0 Å². The maximum Gasteiger partial charge on any atom is 0.243 e. The first-order valence-electron chi connectivity index (χ1n) is 18.5. The maximum atomic E-state index is 13.1. The molecule has 4 aromatic rings. The standard InChI is InChI=1S/C43H56N8O2/c1-48(28-29-50(34-44)27-13-21-37-16-8-4-9-17-37)32-42(52)46-39-22-24-40(25-23-39)47-43(53)33-51(35-45)31-41(30-38-18-10-5-11-19-38)49(2)26-12-20-36-14-6-3-7-15-36/h3-11,14-19,22-25,34-35,41,44-45H,12-13,20-21,26-33H2,1-2H3,(H,46,52)(H,47,53). The summed E-state index contributed by atoms with van der Waals surface area (Å²) in [5.74, 6) is -0.345. The first-order chi connectivity index (χ1) is 25.8. The van der Waals surface area contributed by atoms with Crippen LogP contribution in [0.5, 0.6) is 0 Å². The van der Waals surface area contributed by atoms with Gasteiger partial charge in [0.1, 0.15) is 0 Å². The van der Waals surface area contributed by atoms with Gasteiger partial charge in [-0.1, -0.05) is 91.0 Å². The smallest absolute Gasteiger partial charge is 0.243 e. The second-order valence-corrected chi connectivity index (χ2v) is 13.6. The first kappa shape index (κ1) is 40.5. The van der Waals surface area contributed by atoms with Crippen molar-refractivity contribution in [2.24, 2.45) is 0 Å². The number of amides is 2. The minimum absolute atomic E-state index is 0.0555. The molecule has 0 fully saturated rings. The first-order valence-corrected chi connectivity index (χ1v) is 18.5. The van der Waals surface area contributed by atoms with Crippen molar-refractivity contribution in [3.63, 3.8) is 0 Å². The van der Waals surface area contributed by atoms with E-state index in [-0.39, 0.29) is 30.9 Å². The van der Waals surface area contributed by atoms with Gasteiger partial charge in [0.2, 0.25) is 11.8 Å². The number of rotatable bonds is 24. The summed E-state index contributed by atoms with van der Waals surface area (Å²) < 4.78 is 0. The second-order valence-electron chi connectivity index (χ2n) is 13.6. The fraction of sp³-hybridized carbons (Fsp3) is 0.349. The molecule has 0 aliphatic heterocycles. The van der Waals surface area contributed by atoms with Crippen molar-refractivity contribution < 1.29 is 9.59 Å². The zero-order chi connectivity index (χ0) is 37.7. The number of anilines is 2. The van der Waals surface area contributed by atoms with E-state index in [1.807, 2.05) is 59.3 Å². The Hall–Kier alpha value is -5.32. The number of carbonyl (C=O) groups excluding carboxylic acids is 2. The van der Waals surface area contributed by atoms with Gasteiger partial charge in [-0.15, -0.1) is 0 Å². The molecular weight excluding hydrogens is 661 g/mol. The summed E-state index contributed by atoms with van der Waals surface area (Å²) in [6.45, 7) is 3.85. The van der Waals surface area contributed by atoms with Crippen molar-refractivity contribution in [3.05, 3.63) is 132 Å². The fourth-order valence-electron chi connectivity index (χ4n) is 6.26. The molecule has 4 aromatic carbocycles. The Balaban J connectivity index is 1.20. The lowest BCUT2D eigenvalue weighted by Crippen LogP contribution is -2.45. The third kappa shape index (κ3) is 15.4. The van der Waals surface area contributed by atoms with Crippen molar-refractivity contribution >= 4 is 35.9 Å². The van der Waals surface area contributed by atoms with E-state index >= 15 is 0 Å². The van der Waals surface area contributed by atoms with Gasteiger partial charge < -0.3 is 25.3 Å². The fourth-order valence-corrected chi connectivity index (χ4v) is 6.26. The number of hydrogen-bond acceptors (Lipinski definition) is 6. The summed E-state index contributed by atoms with van der Waals surface area (Å²) in [7, 11) is 4.02. The van der Waals surface area contributed by atoms with Crippen LogP contribution in [0.15, 0.2) is 115 Å². The molecule has 280 valence electrons. The van der Waals surface area contributed by atoms with Gasteiger partial charge in [-0.3, -0.25) is 25.3 Å². The van der Waals surface area contributed by atoms with Crippen molar-refractivity contribution in [1.29, 1.82) is 10.8 Å². The van der Waals surface area contributed by atoms with E-state index in [1.54, 1.807) is 29.2 Å². The Morgan fingerprint density at radius 3 is 1.57 bits per heavy atom. The molecule has 2 amide bonds. The highest BCUT2D eigenvalue weighted by Gasteiger charge is 2.20. The highest BCUT2D eigenvalue weighted by molar-refractivity contribution is 5.94. The Labute approximate surface area is 315 Å². The van der Waals surface area contributed by atoms with Crippen LogP contribution in [0.1, 0.15) is 29.5 Å². The van der Waals surface area contributed by atoms with Crippen LogP contribution < -0.4 is 10.6 Å². The number of nitrogens with zero attached hydrogens (tertiary/aromatic N) is 4. The average molecular weight is 717 g/mol. The Morgan fingerprint density at radius 2 is 1.06 bits per heavy atom. The number of aryl methyl sites for hydroxylation is 2. The normalized spacial score (nSPS) is 11.5. The molecular formula is C43H56N8O2. The predicted molar refractivity (Wildman–Crippen MR) is 218 cm³/mol. The van der Waals surface area contributed by atoms with Crippen molar-refractivity contribution in [2.45, 2.75) is 38.1 Å². The largest absolute Gasteiger partial charge is 0.362 e. The summed E-state index contributed by atoms with van der Waals surface area (Å²) in [5.41, 5.74) is 5.10. The van der Waals surface area contributed by atoms with Crippen molar-refractivity contribution in [2.75, 3.05) is 70.5 Å². The Bertz CT molecular complexity index is 1650. The molecule has 0 aliphatic rings. The summed E-state index contributed by atoms with van der Waals surface area (Å²) in [6.07, 6.45) is 7.39. The zero-order valence-corrected chi connectivity index (χ0v) is 31.3. The van der Waals surface area contributed by atoms with Crippen LogP contribution in [0, 0.1) is 10.8 Å². The van der Waals surface area contributed by atoms with Crippen LogP contribution in [0.3, 0.4) is 0 Å². The minimum Gasteiger partial charge on any atom is -0.362 e. The van der Waals surface area contributed by atoms with Crippen molar-refractivity contribution in [1.82, 2.24) is 19.6 Å². The van der Waals surface area contributed by atoms with Gasteiger partial charge in [0.15, 0.2) is 0 Å². The quantitative estimate of drug-likeness (QED) is 0.0513. The molecule has 10 heteroatoms. The van der Waals surface area contributed by atoms with Crippen LogP contribution in [0.2, 0.25) is 0 Å². The van der Waals surface area contributed by atoms with Gasteiger partial charge in [0, 0.05) is 43.6 Å². The molecule has 0 saturated heterocycles. The van der Waals surface area contributed by atoms with Crippen molar-refractivity contribution in [3.8, 4) is 0 Å². The zero-order valence-electron chi connectivity index (χ0n) is 31.3. The van der Waals surface area contributed by atoms with E-state index in [9.17, 15) is 9.59 Å². The third-order valence-corrected chi connectivity index (χ3v) is 9.30. The Morgan fingerprint density at radius 1 is 0.585 bits per heavy atom. The third-order valence-electron chi connectivity index (χ3n) is 9.30. The molecule has 0 heterocycles. The molecule has 0 aromatic heterocycles. The average Bonchev–Trinajstić information content (AvgIpc) is 3.17. The van der Waals surface area contributed by atoms with Gasteiger partial charge >= 0.3 is 0 Å². The molecule has 0 radical (unpaired) electrons. The lowest BCUT2D eigenvalue weighted by molar-refractivity contribution is -0.117. The van der Waals surface area contributed by atoms with Crippen LogP contribution >= 0.6 is 0 Å². The van der Waals surface area contributed by atoms with E-state index in [1.165, 1.54) is 29.4 Å². The summed E-state index contributed by atoms with van der Waals surface area (Å²) in [4.78, 5) is 33.9. The van der Waals surface area contributed by atoms with Gasteiger partial charge in [0.05, 0.1) is 25.8 Å². The summed E-state index contributed by atoms with van der Waals surface area (Å²) >= 11 is 0. The molecule has 0 saturated carbocycles. The molecule has 0 aliphatic carbocycles. The lowest BCUT2D eigenvalue weighted by atomic mass is 10.0. The monoisotopic (exact) mass is 716 g/mol. The van der Waals surface area contributed by atoms with Crippen LogP contribution in [-0.2, 0) is 28.9 Å². The maximum absolute atomic E-state index is 13.1. The minimum atomic E-state index is -0.212. The van der Waals surface area contributed by atoms with Gasteiger partial charge in [-0.25, -0.2) is 0 Å². The SMILES string of the molecule is CN(CCN(C=N)CCCc1ccccc1)CC(=O)Nc1ccc(NC(=O)CN(C=N)CC(Cc2ccccc2)N(C)CCCc2ccccc2)cc1. The second kappa shape index (κ2) is 22.6. The van der Waals surface area contributed by atoms with Crippen LogP contribution in [0.25, 0.3) is 0 Å². The molecule has 1 atom stereocenters. The van der Waals surface area contributed by atoms with E-state index < -0.39 is 0 Å².